The van der Waals surface area contributed by atoms with Gasteiger partial charge in [0.15, 0.2) is 0 Å². The molecule has 0 amide bonds. The van der Waals surface area contributed by atoms with Crippen LogP contribution in [0.3, 0.4) is 0 Å². The molecule has 94 valence electrons. The van der Waals surface area contributed by atoms with Crippen molar-refractivity contribution in [1.82, 2.24) is 0 Å². The molecule has 1 aromatic rings. The second kappa shape index (κ2) is 6.10. The molecule has 0 unspecified atom stereocenters. The van der Waals surface area contributed by atoms with Gasteiger partial charge in [-0.15, -0.1) is 0 Å². The molecule has 5 heteroatoms. The number of carbonyl (C=O) groups is 1. The highest BCUT2D eigenvalue weighted by Gasteiger charge is 2.18. The first-order chi connectivity index (χ1) is 8.06. The van der Waals surface area contributed by atoms with Crippen LogP contribution in [0.15, 0.2) is 18.2 Å². The van der Waals surface area contributed by atoms with E-state index in [9.17, 15) is 9.90 Å². The number of aromatic hydroxyl groups is 1. The molecule has 0 saturated carbocycles. The fraction of sp³-hybridized carbons (Fsp3) is 0.417. The first kappa shape index (κ1) is 13.3. The topological polar surface area (TPSA) is 92.8 Å². The average molecular weight is 239 g/mol. The molecule has 0 aliphatic carbocycles. The molecule has 4 N–H and O–H groups in total. The molecule has 1 atom stereocenters. The van der Waals surface area contributed by atoms with Crippen molar-refractivity contribution in [2.75, 3.05) is 6.61 Å². The zero-order valence-corrected chi connectivity index (χ0v) is 9.72. The zero-order valence-electron chi connectivity index (χ0n) is 9.72. The lowest BCUT2D eigenvalue weighted by Gasteiger charge is -2.12. The van der Waals surface area contributed by atoms with E-state index in [2.05, 4.69) is 0 Å². The van der Waals surface area contributed by atoms with Gasteiger partial charge < -0.3 is 20.7 Å². The Kier molecular flexibility index (Phi) is 4.78. The minimum absolute atomic E-state index is 0.136. The second-order valence-electron chi connectivity index (χ2n) is 3.74. The minimum atomic E-state index is -1.25. The van der Waals surface area contributed by atoms with Crippen LogP contribution in [-0.4, -0.2) is 22.8 Å². The number of benzene rings is 1. The summed E-state index contributed by atoms with van der Waals surface area (Å²) in [5, 5.41) is 18.3. The highest BCUT2D eigenvalue weighted by Crippen LogP contribution is 2.27. The summed E-state index contributed by atoms with van der Waals surface area (Å²) in [7, 11) is 0. The van der Waals surface area contributed by atoms with Crippen molar-refractivity contribution >= 4 is 5.97 Å². The van der Waals surface area contributed by atoms with Crippen molar-refractivity contribution in [2.45, 2.75) is 25.8 Å². The molecule has 1 aromatic carbocycles. The number of hydrogen-bond acceptors (Lipinski definition) is 4. The summed E-state index contributed by atoms with van der Waals surface area (Å²) in [5.74, 6) is -0.809. The summed E-state index contributed by atoms with van der Waals surface area (Å²) < 4.78 is 5.41. The number of rotatable bonds is 6. The van der Waals surface area contributed by atoms with Gasteiger partial charge in [-0.3, -0.25) is 4.79 Å². The summed E-state index contributed by atoms with van der Waals surface area (Å²) in [4.78, 5) is 10.7. The molecule has 17 heavy (non-hydrogen) atoms. The summed E-state index contributed by atoms with van der Waals surface area (Å²) in [6.07, 6.45) is 1.93. The zero-order chi connectivity index (χ0) is 12.8. The molecule has 0 aliphatic rings. The van der Waals surface area contributed by atoms with Crippen molar-refractivity contribution < 1.29 is 19.7 Å². The maximum Gasteiger partial charge on any atom is 0.325 e. The van der Waals surface area contributed by atoms with Crippen molar-refractivity contribution in [3.63, 3.8) is 0 Å². The maximum absolute atomic E-state index is 10.7. The van der Waals surface area contributed by atoms with Crippen LogP contribution in [0, 0.1) is 0 Å². The van der Waals surface area contributed by atoms with E-state index in [0.29, 0.717) is 12.4 Å². The van der Waals surface area contributed by atoms with E-state index < -0.39 is 12.0 Å². The molecule has 0 aromatic heterocycles. The van der Waals surface area contributed by atoms with E-state index in [1.165, 1.54) is 12.1 Å². The third-order valence-electron chi connectivity index (χ3n) is 2.37. The van der Waals surface area contributed by atoms with Crippen molar-refractivity contribution in [3.8, 4) is 11.5 Å². The Labute approximate surface area is 99.8 Å². The number of aliphatic carboxylic acids is 1. The highest BCUT2D eigenvalue weighted by molar-refractivity contribution is 5.76. The average Bonchev–Trinajstić information content (AvgIpc) is 2.30. The SMILES string of the molecule is CCCCOc1ccc(O)c([C@H](N)C(=O)O)c1. The summed E-state index contributed by atoms with van der Waals surface area (Å²) in [6, 6.07) is 3.19. The number of ether oxygens (including phenoxy) is 1. The largest absolute Gasteiger partial charge is 0.508 e. The Bertz CT molecular complexity index is 392. The molecule has 0 aliphatic heterocycles. The Balaban J connectivity index is 2.83. The number of phenols is 1. The van der Waals surface area contributed by atoms with Gasteiger partial charge >= 0.3 is 5.97 Å². The second-order valence-corrected chi connectivity index (χ2v) is 3.74. The fourth-order valence-electron chi connectivity index (χ4n) is 1.34. The van der Waals surface area contributed by atoms with Crippen LogP contribution in [0.2, 0.25) is 0 Å². The van der Waals surface area contributed by atoms with Gasteiger partial charge in [0.05, 0.1) is 6.61 Å². The van der Waals surface area contributed by atoms with Crippen molar-refractivity contribution in [1.29, 1.82) is 0 Å². The Hall–Kier alpha value is -1.75. The van der Waals surface area contributed by atoms with Gasteiger partial charge in [-0.1, -0.05) is 13.3 Å². The lowest BCUT2D eigenvalue weighted by molar-refractivity contribution is -0.138. The third-order valence-corrected chi connectivity index (χ3v) is 2.37. The van der Waals surface area contributed by atoms with E-state index >= 15 is 0 Å². The molecule has 0 heterocycles. The molecule has 0 radical (unpaired) electrons. The van der Waals surface area contributed by atoms with E-state index in [1.807, 2.05) is 6.92 Å². The maximum atomic E-state index is 10.7. The summed E-state index contributed by atoms with van der Waals surface area (Å²) in [5.41, 5.74) is 5.61. The smallest absolute Gasteiger partial charge is 0.325 e. The van der Waals surface area contributed by atoms with Gasteiger partial charge in [0.1, 0.15) is 17.5 Å². The summed E-state index contributed by atoms with van der Waals surface area (Å²) in [6.45, 7) is 2.61. The van der Waals surface area contributed by atoms with E-state index in [-0.39, 0.29) is 11.3 Å². The van der Waals surface area contributed by atoms with Crippen molar-refractivity contribution in [2.24, 2.45) is 5.73 Å². The number of unbranched alkanes of at least 4 members (excludes halogenated alkanes) is 1. The molecule has 0 fully saturated rings. The lowest BCUT2D eigenvalue weighted by atomic mass is 10.1. The summed E-state index contributed by atoms with van der Waals surface area (Å²) >= 11 is 0. The van der Waals surface area contributed by atoms with E-state index in [1.54, 1.807) is 6.07 Å². The molecule has 0 spiro atoms. The minimum Gasteiger partial charge on any atom is -0.508 e. The van der Waals surface area contributed by atoms with Crippen LogP contribution >= 0.6 is 0 Å². The molecular weight excluding hydrogens is 222 g/mol. The molecule has 1 rings (SSSR count). The third kappa shape index (κ3) is 3.64. The molecule has 0 bridgehead atoms. The van der Waals surface area contributed by atoms with E-state index in [0.717, 1.165) is 12.8 Å². The van der Waals surface area contributed by atoms with Crippen LogP contribution in [-0.2, 0) is 4.79 Å². The highest BCUT2D eigenvalue weighted by atomic mass is 16.5. The Morgan fingerprint density at radius 3 is 2.82 bits per heavy atom. The van der Waals surface area contributed by atoms with Crippen LogP contribution < -0.4 is 10.5 Å². The van der Waals surface area contributed by atoms with Crippen LogP contribution in [0.5, 0.6) is 11.5 Å². The molecule has 5 nitrogen and oxygen atoms in total. The standard InChI is InChI=1S/C12H17NO4/c1-2-3-6-17-8-4-5-10(14)9(7-8)11(13)12(15)16/h4-5,7,11,14H,2-3,6,13H2,1H3,(H,15,16)/t11-/m0/s1. The first-order valence-electron chi connectivity index (χ1n) is 5.50. The predicted octanol–water partition coefficient (Wildman–Crippen LogP) is 1.66. The Morgan fingerprint density at radius 1 is 1.53 bits per heavy atom. The lowest BCUT2D eigenvalue weighted by Crippen LogP contribution is -2.20. The van der Waals surface area contributed by atoms with Crippen molar-refractivity contribution in [3.05, 3.63) is 23.8 Å². The fourth-order valence-corrected chi connectivity index (χ4v) is 1.34. The number of nitrogens with two attached hydrogens (primary N) is 1. The Morgan fingerprint density at radius 2 is 2.24 bits per heavy atom. The normalized spacial score (nSPS) is 12.1. The quantitative estimate of drug-likeness (QED) is 0.656. The number of carboxylic acid groups (broad SMARTS) is 1. The first-order valence-corrected chi connectivity index (χ1v) is 5.50. The monoisotopic (exact) mass is 239 g/mol. The van der Waals surface area contributed by atoms with Gasteiger partial charge in [-0.05, 0) is 24.6 Å². The van der Waals surface area contributed by atoms with Crippen LogP contribution in [0.1, 0.15) is 31.4 Å². The van der Waals surface area contributed by atoms with Gasteiger partial charge in [-0.25, -0.2) is 0 Å². The number of hydrogen-bond donors (Lipinski definition) is 3. The van der Waals surface area contributed by atoms with E-state index in [4.69, 9.17) is 15.6 Å². The molecule has 0 saturated heterocycles. The van der Waals surface area contributed by atoms with Crippen LogP contribution in [0.4, 0.5) is 0 Å². The predicted molar refractivity (Wildman–Crippen MR) is 63.1 cm³/mol. The van der Waals surface area contributed by atoms with Gasteiger partial charge in [0, 0.05) is 5.56 Å². The van der Waals surface area contributed by atoms with Gasteiger partial charge in [0.25, 0.3) is 0 Å². The molecular formula is C12H17NO4. The number of carboxylic acids is 1. The number of phenolic OH excluding ortho intramolecular Hbond substituents is 1. The van der Waals surface area contributed by atoms with Gasteiger partial charge in [0.2, 0.25) is 0 Å². The van der Waals surface area contributed by atoms with Crippen LogP contribution in [0.25, 0.3) is 0 Å². The van der Waals surface area contributed by atoms with Gasteiger partial charge in [-0.2, -0.15) is 0 Å².